The van der Waals surface area contributed by atoms with E-state index in [1.54, 1.807) is 18.2 Å². The van der Waals surface area contributed by atoms with Gasteiger partial charge in [0.2, 0.25) is 0 Å². The minimum Gasteiger partial charge on any atom is -0.293 e. The van der Waals surface area contributed by atoms with E-state index >= 15 is 0 Å². The maximum Gasteiger partial charge on any atom is 0.196 e. The number of aromatic nitrogens is 3. The summed E-state index contributed by atoms with van der Waals surface area (Å²) in [6.45, 7) is 0. The summed E-state index contributed by atoms with van der Waals surface area (Å²) in [6.07, 6.45) is 1.86. The molecule has 106 valence electrons. The van der Waals surface area contributed by atoms with Crippen molar-refractivity contribution in [3.63, 3.8) is 0 Å². The lowest BCUT2D eigenvalue weighted by atomic mass is 10.1. The van der Waals surface area contributed by atoms with E-state index in [4.69, 9.17) is 23.2 Å². The predicted octanol–water partition coefficient (Wildman–Crippen LogP) is 4.01. The highest BCUT2D eigenvalue weighted by Gasteiger charge is 2.11. The Morgan fingerprint density at radius 3 is 2.81 bits per heavy atom. The smallest absolute Gasteiger partial charge is 0.196 e. The number of carbonyl (C=O) groups excluding carboxylic acids is 1. The molecule has 0 fully saturated rings. The second-order valence-electron chi connectivity index (χ2n) is 4.25. The van der Waals surface area contributed by atoms with E-state index in [1.807, 2.05) is 28.8 Å². The van der Waals surface area contributed by atoms with Gasteiger partial charge in [0, 0.05) is 11.8 Å². The Balaban J connectivity index is 1.75. The van der Waals surface area contributed by atoms with Crippen LogP contribution in [0.1, 0.15) is 10.4 Å². The molecule has 0 aliphatic heterocycles. The molecule has 0 aliphatic carbocycles. The summed E-state index contributed by atoms with van der Waals surface area (Å²) in [7, 11) is 0. The fourth-order valence-corrected chi connectivity index (χ4v) is 2.92. The van der Waals surface area contributed by atoms with Crippen molar-refractivity contribution in [1.29, 1.82) is 0 Å². The van der Waals surface area contributed by atoms with Gasteiger partial charge in [-0.25, -0.2) is 0 Å². The SMILES string of the molecule is O=C(CSc1nnc2ccccn12)c1ccc(Cl)c(Cl)c1. The van der Waals surface area contributed by atoms with Crippen LogP contribution < -0.4 is 0 Å². The molecule has 2 aromatic heterocycles. The second kappa shape index (κ2) is 6.05. The van der Waals surface area contributed by atoms with E-state index in [0.29, 0.717) is 20.8 Å². The molecule has 0 amide bonds. The minimum absolute atomic E-state index is 0.0359. The van der Waals surface area contributed by atoms with Gasteiger partial charge >= 0.3 is 0 Å². The van der Waals surface area contributed by atoms with Crippen LogP contribution in [0.4, 0.5) is 0 Å². The fourth-order valence-electron chi connectivity index (χ4n) is 1.80. The van der Waals surface area contributed by atoms with Crippen LogP contribution in [0.3, 0.4) is 0 Å². The number of hydrogen-bond donors (Lipinski definition) is 0. The van der Waals surface area contributed by atoms with Crippen LogP contribution >= 0.6 is 35.0 Å². The summed E-state index contributed by atoms with van der Waals surface area (Å²) in [6, 6.07) is 10.5. The number of benzene rings is 1. The molecule has 21 heavy (non-hydrogen) atoms. The fraction of sp³-hybridized carbons (Fsp3) is 0.0714. The standard InChI is InChI=1S/C14H9Cl2N3OS/c15-10-5-4-9(7-11(10)16)12(20)8-21-14-18-17-13-3-1-2-6-19(13)14/h1-7H,8H2. The van der Waals surface area contributed by atoms with Gasteiger partial charge in [-0.1, -0.05) is 41.0 Å². The zero-order chi connectivity index (χ0) is 14.8. The lowest BCUT2D eigenvalue weighted by molar-refractivity contribution is 0.102. The van der Waals surface area contributed by atoms with E-state index in [9.17, 15) is 4.79 Å². The maximum absolute atomic E-state index is 12.2. The van der Waals surface area contributed by atoms with Gasteiger partial charge < -0.3 is 0 Å². The van der Waals surface area contributed by atoms with Gasteiger partial charge in [0.05, 0.1) is 15.8 Å². The van der Waals surface area contributed by atoms with Crippen LogP contribution in [0.5, 0.6) is 0 Å². The van der Waals surface area contributed by atoms with Crippen molar-refractivity contribution in [3.05, 3.63) is 58.2 Å². The van der Waals surface area contributed by atoms with Crippen LogP contribution in [-0.4, -0.2) is 26.1 Å². The molecule has 0 aliphatic rings. The Kier molecular flexibility index (Phi) is 4.14. The Labute approximate surface area is 135 Å². The number of fused-ring (bicyclic) bond motifs is 1. The molecule has 4 nitrogen and oxygen atoms in total. The molecule has 0 atom stereocenters. The van der Waals surface area contributed by atoms with Gasteiger partial charge in [0.1, 0.15) is 0 Å². The summed E-state index contributed by atoms with van der Waals surface area (Å²) in [5, 5.41) is 9.60. The minimum atomic E-state index is -0.0359. The third-order valence-electron chi connectivity index (χ3n) is 2.86. The summed E-state index contributed by atoms with van der Waals surface area (Å²) in [4.78, 5) is 12.2. The summed E-state index contributed by atoms with van der Waals surface area (Å²) in [5.41, 5.74) is 1.28. The van der Waals surface area contributed by atoms with E-state index in [2.05, 4.69) is 10.2 Å². The summed E-state index contributed by atoms with van der Waals surface area (Å²) in [5.74, 6) is 0.222. The zero-order valence-electron chi connectivity index (χ0n) is 10.7. The number of ketones is 1. The van der Waals surface area contributed by atoms with Crippen molar-refractivity contribution in [2.75, 3.05) is 5.75 Å². The van der Waals surface area contributed by atoms with Gasteiger partial charge in [-0.2, -0.15) is 0 Å². The topological polar surface area (TPSA) is 47.3 Å². The Bertz CT molecular complexity index is 819. The van der Waals surface area contributed by atoms with Gasteiger partial charge in [0.15, 0.2) is 16.6 Å². The molecule has 2 heterocycles. The van der Waals surface area contributed by atoms with E-state index in [1.165, 1.54) is 11.8 Å². The number of Topliss-reactive ketones (excluding diaryl/α,β-unsaturated/α-hetero) is 1. The first kappa shape index (κ1) is 14.4. The maximum atomic E-state index is 12.2. The molecular weight excluding hydrogens is 329 g/mol. The van der Waals surface area contributed by atoms with Gasteiger partial charge in [-0.05, 0) is 30.3 Å². The van der Waals surface area contributed by atoms with Crippen molar-refractivity contribution in [3.8, 4) is 0 Å². The average molecular weight is 338 g/mol. The van der Waals surface area contributed by atoms with Crippen molar-refractivity contribution in [1.82, 2.24) is 14.6 Å². The third kappa shape index (κ3) is 3.05. The number of halogens is 2. The molecule has 0 unspecified atom stereocenters. The normalized spacial score (nSPS) is 11.0. The predicted molar refractivity (Wildman–Crippen MR) is 84.5 cm³/mol. The van der Waals surface area contributed by atoms with E-state index < -0.39 is 0 Å². The average Bonchev–Trinajstić information content (AvgIpc) is 2.91. The number of rotatable bonds is 4. The molecule has 7 heteroatoms. The number of pyridine rings is 1. The first-order valence-corrected chi connectivity index (χ1v) is 7.80. The van der Waals surface area contributed by atoms with Crippen molar-refractivity contribution in [2.24, 2.45) is 0 Å². The molecule has 0 N–H and O–H groups in total. The van der Waals surface area contributed by atoms with Crippen molar-refractivity contribution in [2.45, 2.75) is 5.16 Å². The third-order valence-corrected chi connectivity index (χ3v) is 4.54. The largest absolute Gasteiger partial charge is 0.293 e. The zero-order valence-corrected chi connectivity index (χ0v) is 13.0. The van der Waals surface area contributed by atoms with Gasteiger partial charge in [-0.15, -0.1) is 10.2 Å². The van der Waals surface area contributed by atoms with Crippen LogP contribution in [0.15, 0.2) is 47.8 Å². The van der Waals surface area contributed by atoms with E-state index in [-0.39, 0.29) is 11.5 Å². The molecule has 1 aromatic carbocycles. The molecular formula is C14H9Cl2N3OS. The number of thioether (sulfide) groups is 1. The highest BCUT2D eigenvalue weighted by Crippen LogP contribution is 2.24. The van der Waals surface area contributed by atoms with Crippen LogP contribution in [0.25, 0.3) is 5.65 Å². The molecule has 0 saturated heterocycles. The quantitative estimate of drug-likeness (QED) is 0.533. The molecule has 0 spiro atoms. The highest BCUT2D eigenvalue weighted by atomic mass is 35.5. The first-order valence-electron chi connectivity index (χ1n) is 6.06. The molecule has 3 rings (SSSR count). The lowest BCUT2D eigenvalue weighted by Crippen LogP contribution is -2.03. The molecule has 0 bridgehead atoms. The number of carbonyl (C=O) groups is 1. The van der Waals surface area contributed by atoms with Crippen LogP contribution in [0, 0.1) is 0 Å². The van der Waals surface area contributed by atoms with Crippen LogP contribution in [0.2, 0.25) is 10.0 Å². The van der Waals surface area contributed by atoms with Gasteiger partial charge in [-0.3, -0.25) is 9.20 Å². The van der Waals surface area contributed by atoms with Crippen molar-refractivity contribution >= 4 is 46.4 Å². The summed E-state index contributed by atoms with van der Waals surface area (Å²) >= 11 is 13.1. The monoisotopic (exact) mass is 337 g/mol. The second-order valence-corrected chi connectivity index (χ2v) is 6.01. The molecule has 0 saturated carbocycles. The summed E-state index contributed by atoms with van der Waals surface area (Å²) < 4.78 is 1.84. The van der Waals surface area contributed by atoms with E-state index in [0.717, 1.165) is 5.65 Å². The van der Waals surface area contributed by atoms with Crippen LogP contribution in [-0.2, 0) is 0 Å². The Morgan fingerprint density at radius 2 is 2.00 bits per heavy atom. The molecule has 0 radical (unpaired) electrons. The first-order chi connectivity index (χ1) is 10.1. The molecule has 3 aromatic rings. The van der Waals surface area contributed by atoms with Gasteiger partial charge in [0.25, 0.3) is 0 Å². The Morgan fingerprint density at radius 1 is 1.14 bits per heavy atom. The highest BCUT2D eigenvalue weighted by molar-refractivity contribution is 7.99. The van der Waals surface area contributed by atoms with Crippen molar-refractivity contribution < 1.29 is 4.79 Å². The Hall–Kier alpha value is -1.56. The number of nitrogens with zero attached hydrogens (tertiary/aromatic N) is 3. The lowest BCUT2D eigenvalue weighted by Gasteiger charge is -2.02. The number of hydrogen-bond acceptors (Lipinski definition) is 4.